The molecule has 1 aliphatic heterocycles. The number of aromatic nitrogens is 1. The van der Waals surface area contributed by atoms with Crippen LogP contribution in [0.5, 0.6) is 5.75 Å². The number of nitrogens with one attached hydrogen (secondary N) is 1. The molecule has 0 aliphatic carbocycles. The highest BCUT2D eigenvalue weighted by Gasteiger charge is 2.27. The Morgan fingerprint density at radius 1 is 0.779 bits per heavy atom. The maximum absolute atomic E-state index is 13.6. The van der Waals surface area contributed by atoms with Crippen molar-refractivity contribution in [1.29, 1.82) is 0 Å². The summed E-state index contributed by atoms with van der Waals surface area (Å²) < 4.78 is 18.3. The number of nitrogens with zero attached hydrogens (tertiary/aromatic N) is 4. The van der Waals surface area contributed by atoms with Gasteiger partial charge in [0, 0.05) is 98.2 Å². The molecule has 1 fully saturated rings. The lowest BCUT2D eigenvalue weighted by atomic mass is 10.1. The number of amides is 2. The lowest BCUT2D eigenvalue weighted by Crippen LogP contribution is -2.49. The second-order valence-corrected chi connectivity index (χ2v) is 16.5. The molecule has 366 valence electrons. The summed E-state index contributed by atoms with van der Waals surface area (Å²) in [5, 5.41) is 19.8. The number of benzene rings is 3. The predicted molar refractivity (Wildman–Crippen MR) is 256 cm³/mol. The predicted octanol–water partition coefficient (Wildman–Crippen LogP) is 5.88. The first kappa shape index (κ1) is 54.0. The maximum atomic E-state index is 13.6. The Morgan fingerprint density at radius 3 is 1.97 bits per heavy atom. The molecule has 3 N–H and O–H groups in total. The van der Waals surface area contributed by atoms with Crippen LogP contribution in [-0.2, 0) is 39.9 Å². The van der Waals surface area contributed by atoms with Crippen molar-refractivity contribution in [3.05, 3.63) is 112 Å². The average Bonchev–Trinajstić information content (AvgIpc) is 3.60. The highest BCUT2D eigenvalue weighted by atomic mass is 35.5. The fraction of sp³-hybridized carbons (Fsp3) is 0.420. The molecule has 1 aliphatic rings. The van der Waals surface area contributed by atoms with Crippen molar-refractivity contribution in [2.24, 2.45) is 0 Å². The minimum absolute atomic E-state index is 0.00873. The van der Waals surface area contributed by atoms with Crippen LogP contribution in [0.15, 0.2) is 84.9 Å². The quantitative estimate of drug-likeness (QED) is 0.0450. The standard InChI is InChI=1S/C46H58ClN5O8.C4H4O4/c1-5-21-51(22-6-2)46(57)40(48-44(55)34-11-8-7-9-12-34)18-20-42(53)59-29-10-23-49-24-26-50(27-25-49)28-30-60-43(54)32-38-33(3)52(41-19-17-37(58-4)31-39(38)41)45(56)35-13-15-36(47)16-14-35;5-3(6)1-2-4(7)8/h7-9,11-17,19,31,40H,5-6,10,18,20-30,32H2,1-4H3,(H,48,55);1-2H,(H,5,6)(H,7,8)/b;2-1-. The largest absolute Gasteiger partial charge is 0.497 e. The number of rotatable bonds is 23. The van der Waals surface area contributed by atoms with Crippen molar-refractivity contribution in [3.63, 3.8) is 0 Å². The number of methoxy groups -OCH3 is 1. The summed E-state index contributed by atoms with van der Waals surface area (Å²) in [5.41, 5.74) is 2.98. The molecule has 1 atom stereocenters. The van der Waals surface area contributed by atoms with Crippen LogP contribution in [0.4, 0.5) is 0 Å². The van der Waals surface area contributed by atoms with Gasteiger partial charge >= 0.3 is 23.9 Å². The molecule has 5 rings (SSSR count). The zero-order valence-corrected chi connectivity index (χ0v) is 39.9. The first-order chi connectivity index (χ1) is 32.6. The van der Waals surface area contributed by atoms with E-state index >= 15 is 0 Å². The van der Waals surface area contributed by atoms with Gasteiger partial charge in [-0.15, -0.1) is 0 Å². The highest BCUT2D eigenvalue weighted by Crippen LogP contribution is 2.31. The first-order valence-electron chi connectivity index (χ1n) is 22.7. The van der Waals surface area contributed by atoms with Gasteiger partial charge < -0.3 is 39.5 Å². The van der Waals surface area contributed by atoms with Crippen LogP contribution in [0.25, 0.3) is 10.9 Å². The number of esters is 2. The van der Waals surface area contributed by atoms with Gasteiger partial charge in [0.2, 0.25) is 5.91 Å². The maximum Gasteiger partial charge on any atom is 0.328 e. The number of carboxylic acids is 2. The topological polar surface area (TPSA) is 214 Å². The van der Waals surface area contributed by atoms with Gasteiger partial charge in [-0.3, -0.25) is 33.4 Å². The molecule has 0 spiro atoms. The number of halogens is 1. The third-order valence-corrected chi connectivity index (χ3v) is 11.4. The molecule has 1 saturated heterocycles. The van der Waals surface area contributed by atoms with Crippen molar-refractivity contribution in [2.75, 3.05) is 72.7 Å². The Labute approximate surface area is 401 Å². The Morgan fingerprint density at radius 2 is 1.38 bits per heavy atom. The van der Waals surface area contributed by atoms with E-state index in [2.05, 4.69) is 15.1 Å². The van der Waals surface area contributed by atoms with Gasteiger partial charge in [-0.25, -0.2) is 9.59 Å². The molecule has 17 nitrogen and oxygen atoms in total. The van der Waals surface area contributed by atoms with E-state index in [1.807, 2.05) is 39.0 Å². The van der Waals surface area contributed by atoms with E-state index in [1.165, 1.54) is 0 Å². The van der Waals surface area contributed by atoms with Crippen LogP contribution >= 0.6 is 11.6 Å². The molecule has 18 heteroatoms. The molecule has 1 unspecified atom stereocenters. The Bertz CT molecular complexity index is 2340. The average molecular weight is 961 g/mol. The zero-order valence-electron chi connectivity index (χ0n) is 39.1. The van der Waals surface area contributed by atoms with Crippen molar-refractivity contribution < 1.29 is 58.0 Å². The summed E-state index contributed by atoms with van der Waals surface area (Å²) in [6.45, 7) is 12.2. The van der Waals surface area contributed by atoms with Crippen LogP contribution in [0.3, 0.4) is 0 Å². The number of hydrogen-bond donors (Lipinski definition) is 3. The van der Waals surface area contributed by atoms with E-state index < -0.39 is 23.9 Å². The van der Waals surface area contributed by atoms with Crippen LogP contribution in [0, 0.1) is 6.92 Å². The summed E-state index contributed by atoms with van der Waals surface area (Å²) in [6.07, 6.45) is 3.55. The van der Waals surface area contributed by atoms with Crippen LogP contribution in [0.1, 0.15) is 77.9 Å². The number of hydrogen-bond acceptors (Lipinski definition) is 12. The zero-order chi connectivity index (χ0) is 49.6. The number of carbonyl (C=O) groups is 7. The van der Waals surface area contributed by atoms with Crippen molar-refractivity contribution in [3.8, 4) is 5.75 Å². The smallest absolute Gasteiger partial charge is 0.328 e. The van der Waals surface area contributed by atoms with Crippen molar-refractivity contribution in [1.82, 2.24) is 24.6 Å². The molecule has 68 heavy (non-hydrogen) atoms. The first-order valence-corrected chi connectivity index (χ1v) is 23.1. The Balaban J connectivity index is 0.00000115. The number of piperazine rings is 1. The van der Waals surface area contributed by atoms with Gasteiger partial charge in [-0.05, 0) is 92.8 Å². The third kappa shape index (κ3) is 16.9. The molecule has 2 amide bonds. The molecule has 0 saturated carbocycles. The number of carbonyl (C=O) groups excluding carboxylic acids is 5. The van der Waals surface area contributed by atoms with Crippen LogP contribution in [-0.4, -0.2) is 150 Å². The highest BCUT2D eigenvalue weighted by molar-refractivity contribution is 6.30. The molecule has 1 aromatic heterocycles. The van der Waals surface area contributed by atoms with Crippen LogP contribution < -0.4 is 10.1 Å². The molecular formula is C50H62ClN5O12. The second kappa shape index (κ2) is 27.9. The molecule has 2 heterocycles. The fourth-order valence-corrected chi connectivity index (χ4v) is 7.77. The van der Waals surface area contributed by atoms with Crippen molar-refractivity contribution >= 4 is 64.1 Å². The van der Waals surface area contributed by atoms with E-state index in [-0.39, 0.29) is 56.2 Å². The van der Waals surface area contributed by atoms with Gasteiger partial charge in [0.15, 0.2) is 0 Å². The summed E-state index contributed by atoms with van der Waals surface area (Å²) in [7, 11) is 1.58. The van der Waals surface area contributed by atoms with Gasteiger partial charge in [0.1, 0.15) is 18.4 Å². The van der Waals surface area contributed by atoms with Gasteiger partial charge in [-0.2, -0.15) is 0 Å². The van der Waals surface area contributed by atoms with E-state index in [9.17, 15) is 33.6 Å². The Kier molecular flexibility index (Phi) is 22.2. The molecule has 4 aromatic rings. The van der Waals surface area contributed by atoms with E-state index in [0.29, 0.717) is 76.9 Å². The monoisotopic (exact) mass is 959 g/mol. The second-order valence-electron chi connectivity index (χ2n) is 16.0. The van der Waals surface area contributed by atoms with Crippen LogP contribution in [0.2, 0.25) is 5.02 Å². The van der Waals surface area contributed by atoms with E-state index in [1.54, 1.807) is 71.2 Å². The lowest BCUT2D eigenvalue weighted by Gasteiger charge is -2.34. The summed E-state index contributed by atoms with van der Waals surface area (Å²) in [4.78, 5) is 91.4. The summed E-state index contributed by atoms with van der Waals surface area (Å²) in [6, 6.07) is 20.1. The number of fused-ring (bicyclic) bond motifs is 1. The van der Waals surface area contributed by atoms with Gasteiger partial charge in [0.25, 0.3) is 11.8 Å². The van der Waals surface area contributed by atoms with Gasteiger partial charge in [-0.1, -0.05) is 43.6 Å². The SMILES string of the molecule is CCCN(CCC)C(=O)C(CCC(=O)OCCCN1CCN(CCOC(=O)Cc2c(C)n(C(=O)c3ccc(Cl)cc3)c3ccc(OC)cc23)CC1)NC(=O)c1ccccc1.O=C(O)/C=C\C(=O)O. The Hall–Kier alpha value is -6.56. The third-order valence-electron chi connectivity index (χ3n) is 11.1. The molecule has 0 bridgehead atoms. The van der Waals surface area contributed by atoms with E-state index in [0.717, 1.165) is 51.0 Å². The number of carboxylic acid groups (broad SMARTS) is 2. The molecule has 0 radical (unpaired) electrons. The number of ether oxygens (including phenoxy) is 3. The fourth-order valence-electron chi connectivity index (χ4n) is 7.65. The minimum atomic E-state index is -1.26. The number of aliphatic carboxylic acids is 2. The van der Waals surface area contributed by atoms with Gasteiger partial charge in [0.05, 0.1) is 25.7 Å². The summed E-state index contributed by atoms with van der Waals surface area (Å²) >= 11 is 6.05. The van der Waals surface area contributed by atoms with Crippen molar-refractivity contribution in [2.45, 2.75) is 65.3 Å². The lowest BCUT2D eigenvalue weighted by molar-refractivity contribution is -0.145. The summed E-state index contributed by atoms with van der Waals surface area (Å²) in [5.74, 6) is -3.42. The minimum Gasteiger partial charge on any atom is -0.497 e. The molecule has 3 aromatic carbocycles. The van der Waals surface area contributed by atoms with E-state index in [4.69, 9.17) is 36.0 Å². The normalized spacial score (nSPS) is 13.2. The molecular weight excluding hydrogens is 898 g/mol.